The SMILES string of the molecule is Cc1nc(CN2CCN(C(=O)NC(C)Cn3ccnc3)CC2)cs1. The maximum atomic E-state index is 12.4. The van der Waals surface area contributed by atoms with Gasteiger partial charge in [0.2, 0.25) is 0 Å². The molecule has 1 atom stereocenters. The summed E-state index contributed by atoms with van der Waals surface area (Å²) >= 11 is 1.69. The molecule has 2 aromatic rings. The first kappa shape index (κ1) is 16.9. The van der Waals surface area contributed by atoms with Crippen LogP contribution in [0.2, 0.25) is 0 Å². The minimum Gasteiger partial charge on any atom is -0.335 e. The molecule has 130 valence electrons. The van der Waals surface area contributed by atoms with E-state index in [2.05, 4.69) is 25.6 Å². The largest absolute Gasteiger partial charge is 0.335 e. The van der Waals surface area contributed by atoms with Crippen molar-refractivity contribution in [3.63, 3.8) is 0 Å². The molecule has 0 spiro atoms. The lowest BCUT2D eigenvalue weighted by molar-refractivity contribution is 0.132. The standard InChI is InChI=1S/C16H24N6OS/c1-13(9-21-4-3-17-12-21)18-16(23)22-7-5-20(6-8-22)10-15-11-24-14(2)19-15/h3-4,11-13H,5-10H2,1-2H3,(H,18,23). The van der Waals surface area contributed by atoms with Crippen LogP contribution in [0.5, 0.6) is 0 Å². The van der Waals surface area contributed by atoms with E-state index in [1.54, 1.807) is 23.9 Å². The quantitative estimate of drug-likeness (QED) is 0.891. The topological polar surface area (TPSA) is 66.3 Å². The van der Waals surface area contributed by atoms with Gasteiger partial charge in [0.25, 0.3) is 0 Å². The Bertz CT molecular complexity index is 647. The highest BCUT2D eigenvalue weighted by Gasteiger charge is 2.22. The van der Waals surface area contributed by atoms with Gasteiger partial charge in [-0.2, -0.15) is 0 Å². The summed E-state index contributed by atoms with van der Waals surface area (Å²) in [5, 5.41) is 6.29. The lowest BCUT2D eigenvalue weighted by atomic mass is 10.3. The molecule has 0 saturated carbocycles. The van der Waals surface area contributed by atoms with Crippen molar-refractivity contribution in [1.82, 2.24) is 29.7 Å². The number of piperazine rings is 1. The Kier molecular flexibility index (Phi) is 5.47. The highest BCUT2D eigenvalue weighted by molar-refractivity contribution is 7.09. The van der Waals surface area contributed by atoms with Crippen molar-refractivity contribution in [1.29, 1.82) is 0 Å². The molecule has 0 bridgehead atoms. The normalized spacial score (nSPS) is 17.0. The van der Waals surface area contributed by atoms with Crippen LogP contribution in [-0.4, -0.2) is 62.6 Å². The Hall–Kier alpha value is -1.93. The first-order chi connectivity index (χ1) is 11.6. The van der Waals surface area contributed by atoms with Crippen molar-refractivity contribution in [2.24, 2.45) is 0 Å². The number of carbonyl (C=O) groups excluding carboxylic acids is 1. The van der Waals surface area contributed by atoms with E-state index in [1.807, 2.05) is 29.5 Å². The summed E-state index contributed by atoms with van der Waals surface area (Å²) in [5.74, 6) is 0. The number of nitrogens with zero attached hydrogens (tertiary/aromatic N) is 5. The van der Waals surface area contributed by atoms with E-state index in [1.165, 1.54) is 0 Å². The van der Waals surface area contributed by atoms with Gasteiger partial charge < -0.3 is 14.8 Å². The summed E-state index contributed by atoms with van der Waals surface area (Å²) in [5.41, 5.74) is 1.13. The first-order valence-corrected chi connectivity index (χ1v) is 9.12. The third-order valence-electron chi connectivity index (χ3n) is 4.13. The molecule has 0 aliphatic carbocycles. The van der Waals surface area contributed by atoms with E-state index in [-0.39, 0.29) is 12.1 Å². The van der Waals surface area contributed by atoms with Crippen LogP contribution in [0.3, 0.4) is 0 Å². The van der Waals surface area contributed by atoms with Gasteiger partial charge in [0.05, 0.1) is 17.0 Å². The summed E-state index contributed by atoms with van der Waals surface area (Å²) in [6.07, 6.45) is 5.42. The van der Waals surface area contributed by atoms with Crippen molar-refractivity contribution in [3.05, 3.63) is 34.8 Å². The van der Waals surface area contributed by atoms with E-state index < -0.39 is 0 Å². The van der Waals surface area contributed by atoms with Gasteiger partial charge in [-0.1, -0.05) is 0 Å². The molecule has 1 aliphatic heterocycles. The number of aromatic nitrogens is 3. The van der Waals surface area contributed by atoms with Crippen LogP contribution in [0.25, 0.3) is 0 Å². The van der Waals surface area contributed by atoms with E-state index in [0.717, 1.165) is 50.0 Å². The minimum atomic E-state index is 0.0202. The fraction of sp³-hybridized carbons (Fsp3) is 0.562. The van der Waals surface area contributed by atoms with Crippen LogP contribution in [-0.2, 0) is 13.1 Å². The summed E-state index contributed by atoms with van der Waals surface area (Å²) in [6, 6.07) is 0.0921. The smallest absolute Gasteiger partial charge is 0.317 e. The monoisotopic (exact) mass is 348 g/mol. The zero-order valence-corrected chi connectivity index (χ0v) is 15.0. The predicted molar refractivity (Wildman–Crippen MR) is 93.9 cm³/mol. The number of rotatable bonds is 5. The second-order valence-electron chi connectivity index (χ2n) is 6.23. The number of amides is 2. The Morgan fingerprint density at radius 3 is 2.79 bits per heavy atom. The van der Waals surface area contributed by atoms with Crippen molar-refractivity contribution in [2.75, 3.05) is 26.2 Å². The lowest BCUT2D eigenvalue weighted by Gasteiger charge is -2.35. The molecular formula is C16H24N6OS. The first-order valence-electron chi connectivity index (χ1n) is 8.24. The average Bonchev–Trinajstić information content (AvgIpc) is 3.20. The fourth-order valence-corrected chi connectivity index (χ4v) is 3.48. The number of urea groups is 1. The molecule has 0 aromatic carbocycles. The lowest BCUT2D eigenvalue weighted by Crippen LogP contribution is -2.53. The molecule has 1 aliphatic rings. The van der Waals surface area contributed by atoms with Gasteiger partial charge in [-0.15, -0.1) is 11.3 Å². The molecule has 1 fully saturated rings. The van der Waals surface area contributed by atoms with Gasteiger partial charge in [0.1, 0.15) is 0 Å². The van der Waals surface area contributed by atoms with Crippen LogP contribution < -0.4 is 5.32 Å². The number of aryl methyl sites for hydroxylation is 1. The maximum Gasteiger partial charge on any atom is 0.317 e. The summed E-state index contributed by atoms with van der Waals surface area (Å²) < 4.78 is 1.97. The van der Waals surface area contributed by atoms with Gasteiger partial charge in [-0.3, -0.25) is 4.90 Å². The molecule has 1 N–H and O–H groups in total. The maximum absolute atomic E-state index is 12.4. The fourth-order valence-electron chi connectivity index (χ4n) is 2.88. The number of thiazole rings is 1. The number of nitrogens with one attached hydrogen (secondary N) is 1. The molecule has 3 rings (SSSR count). The highest BCUT2D eigenvalue weighted by Crippen LogP contribution is 2.12. The van der Waals surface area contributed by atoms with Crippen LogP contribution in [0.15, 0.2) is 24.1 Å². The molecule has 3 heterocycles. The molecule has 0 radical (unpaired) electrons. The number of hydrogen-bond donors (Lipinski definition) is 1. The Morgan fingerprint density at radius 2 is 2.17 bits per heavy atom. The van der Waals surface area contributed by atoms with Crippen LogP contribution >= 0.6 is 11.3 Å². The Labute approximate surface area is 146 Å². The van der Waals surface area contributed by atoms with E-state index in [0.29, 0.717) is 0 Å². The summed E-state index contributed by atoms with van der Waals surface area (Å²) in [6.45, 7) is 8.94. The second kappa shape index (κ2) is 7.76. The van der Waals surface area contributed by atoms with Crippen LogP contribution in [0, 0.1) is 6.92 Å². The molecule has 7 nitrogen and oxygen atoms in total. The zero-order valence-electron chi connectivity index (χ0n) is 14.2. The molecule has 1 saturated heterocycles. The number of imidazole rings is 1. The van der Waals surface area contributed by atoms with Gasteiger partial charge in [0, 0.05) is 63.1 Å². The highest BCUT2D eigenvalue weighted by atomic mass is 32.1. The third kappa shape index (κ3) is 4.55. The predicted octanol–water partition coefficient (Wildman–Crippen LogP) is 1.56. The summed E-state index contributed by atoms with van der Waals surface area (Å²) in [4.78, 5) is 25.1. The average molecular weight is 348 g/mol. The molecular weight excluding hydrogens is 324 g/mol. The van der Waals surface area contributed by atoms with Crippen LogP contribution in [0.1, 0.15) is 17.6 Å². The molecule has 24 heavy (non-hydrogen) atoms. The Balaban J connectivity index is 1.41. The van der Waals surface area contributed by atoms with Crippen molar-refractivity contribution in [2.45, 2.75) is 33.0 Å². The minimum absolute atomic E-state index is 0.0202. The third-order valence-corrected chi connectivity index (χ3v) is 4.95. The number of hydrogen-bond acceptors (Lipinski definition) is 5. The number of carbonyl (C=O) groups is 1. The van der Waals surface area contributed by atoms with Crippen molar-refractivity contribution >= 4 is 17.4 Å². The van der Waals surface area contributed by atoms with Crippen LogP contribution in [0.4, 0.5) is 4.79 Å². The molecule has 2 aromatic heterocycles. The molecule has 1 unspecified atom stereocenters. The Morgan fingerprint density at radius 1 is 1.38 bits per heavy atom. The van der Waals surface area contributed by atoms with E-state index in [9.17, 15) is 4.79 Å². The summed E-state index contributed by atoms with van der Waals surface area (Å²) in [7, 11) is 0. The van der Waals surface area contributed by atoms with E-state index >= 15 is 0 Å². The second-order valence-corrected chi connectivity index (χ2v) is 7.29. The molecule has 8 heteroatoms. The van der Waals surface area contributed by atoms with Gasteiger partial charge in [-0.05, 0) is 13.8 Å². The van der Waals surface area contributed by atoms with Gasteiger partial charge >= 0.3 is 6.03 Å². The van der Waals surface area contributed by atoms with E-state index in [4.69, 9.17) is 0 Å². The van der Waals surface area contributed by atoms with Gasteiger partial charge in [0.15, 0.2) is 0 Å². The van der Waals surface area contributed by atoms with Gasteiger partial charge in [-0.25, -0.2) is 14.8 Å². The zero-order chi connectivity index (χ0) is 16.9. The molecule has 2 amide bonds. The van der Waals surface area contributed by atoms with Crippen molar-refractivity contribution < 1.29 is 4.79 Å². The van der Waals surface area contributed by atoms with Crippen molar-refractivity contribution in [3.8, 4) is 0 Å².